The zero-order chi connectivity index (χ0) is 15.7. The molecule has 2 amide bonds. The van der Waals surface area contributed by atoms with Crippen LogP contribution >= 0.6 is 11.6 Å². The summed E-state index contributed by atoms with van der Waals surface area (Å²) in [6.45, 7) is 3.34. The first-order valence-corrected chi connectivity index (χ1v) is 8.09. The number of rotatable bonds is 4. The molecule has 0 bridgehead atoms. The van der Waals surface area contributed by atoms with E-state index in [9.17, 15) is 9.59 Å². The van der Waals surface area contributed by atoms with Crippen molar-refractivity contribution in [1.82, 2.24) is 4.90 Å². The molecule has 1 saturated heterocycles. The first kappa shape index (κ1) is 15.2. The normalized spacial score (nSPS) is 24.5. The lowest BCUT2D eigenvalue weighted by Gasteiger charge is -2.17. The first-order chi connectivity index (χ1) is 10.6. The van der Waals surface area contributed by atoms with E-state index in [2.05, 4.69) is 10.8 Å². The molecule has 22 heavy (non-hydrogen) atoms. The molecule has 4 nitrogen and oxygen atoms in total. The minimum Gasteiger partial charge on any atom is -0.282 e. The molecule has 2 atom stereocenters. The van der Waals surface area contributed by atoms with Crippen molar-refractivity contribution in [2.75, 3.05) is 6.54 Å². The second kappa shape index (κ2) is 6.21. The van der Waals surface area contributed by atoms with Gasteiger partial charge in [0.2, 0.25) is 11.8 Å². The fourth-order valence-corrected chi connectivity index (χ4v) is 3.58. The molecular formula is C17H20ClN2O2+. The molecule has 0 saturated carbocycles. The summed E-state index contributed by atoms with van der Waals surface area (Å²) < 4.78 is 2.09. The molecular weight excluding hydrogens is 300 g/mol. The number of allylic oxidation sites excluding steroid dienone is 2. The average molecular weight is 320 g/mol. The molecule has 2 heterocycles. The lowest BCUT2D eigenvalue weighted by Crippen LogP contribution is -2.37. The van der Waals surface area contributed by atoms with Crippen molar-refractivity contribution in [2.24, 2.45) is 11.8 Å². The Morgan fingerprint density at radius 3 is 2.86 bits per heavy atom. The van der Waals surface area contributed by atoms with E-state index in [-0.39, 0.29) is 23.7 Å². The van der Waals surface area contributed by atoms with Crippen LogP contribution in [-0.4, -0.2) is 23.3 Å². The highest BCUT2D eigenvalue weighted by Crippen LogP contribution is 2.38. The van der Waals surface area contributed by atoms with Gasteiger partial charge in [0.1, 0.15) is 6.54 Å². The maximum Gasteiger partial charge on any atom is 0.233 e. The Morgan fingerprint density at radius 2 is 2.09 bits per heavy atom. The summed E-state index contributed by atoms with van der Waals surface area (Å²) in [5.41, 5.74) is 1.20. The van der Waals surface area contributed by atoms with Gasteiger partial charge in [0.25, 0.3) is 0 Å². The Balaban J connectivity index is 1.59. The van der Waals surface area contributed by atoms with Gasteiger partial charge in [0.05, 0.1) is 11.8 Å². The third-order valence-corrected chi connectivity index (χ3v) is 4.77. The third kappa shape index (κ3) is 2.93. The Labute approximate surface area is 135 Å². The number of fused-ring (bicyclic) bond motifs is 1. The van der Waals surface area contributed by atoms with E-state index in [1.807, 2.05) is 31.3 Å². The van der Waals surface area contributed by atoms with Crippen LogP contribution in [0.4, 0.5) is 0 Å². The van der Waals surface area contributed by atoms with Gasteiger partial charge in [-0.1, -0.05) is 17.7 Å². The van der Waals surface area contributed by atoms with Gasteiger partial charge in [-0.05, 0) is 25.8 Å². The van der Waals surface area contributed by atoms with Crippen LogP contribution in [0.5, 0.6) is 0 Å². The monoisotopic (exact) mass is 319 g/mol. The maximum atomic E-state index is 12.4. The minimum atomic E-state index is -0.239. The molecule has 1 aliphatic carbocycles. The van der Waals surface area contributed by atoms with Crippen LogP contribution in [0, 0.1) is 18.8 Å². The number of imide groups is 1. The highest BCUT2D eigenvalue weighted by Gasteiger charge is 2.47. The van der Waals surface area contributed by atoms with Gasteiger partial charge in [-0.25, -0.2) is 4.57 Å². The number of carbonyl (C=O) groups excluding carboxylic acids is 2. The second-order valence-electron chi connectivity index (χ2n) is 6.10. The Bertz CT molecular complexity index is 641. The van der Waals surface area contributed by atoms with Crippen molar-refractivity contribution in [3.63, 3.8) is 0 Å². The molecule has 3 rings (SSSR count). The smallest absolute Gasteiger partial charge is 0.233 e. The van der Waals surface area contributed by atoms with Gasteiger partial charge in [0, 0.05) is 29.6 Å². The van der Waals surface area contributed by atoms with Crippen molar-refractivity contribution in [2.45, 2.75) is 32.7 Å². The second-order valence-corrected chi connectivity index (χ2v) is 6.59. The standard InChI is InChI=1S/C17H20ClN2O2/c1-12-4-2-7-19(11-12)8-3-9-20-16(21)14-6-5-13(18)10-15(14)17(20)22/h2,4-5,7,11,14-15H,3,6,8-10H2,1H3/q+1/t14-,15+/m0/s1. The molecule has 0 unspecified atom stereocenters. The Kier molecular flexibility index (Phi) is 4.30. The number of aromatic nitrogens is 1. The van der Waals surface area contributed by atoms with Crippen molar-refractivity contribution >= 4 is 23.4 Å². The summed E-state index contributed by atoms with van der Waals surface area (Å²) in [5.74, 6) is -0.501. The number of carbonyl (C=O) groups is 2. The SMILES string of the molecule is Cc1ccc[n+](CCCN2C(=O)[C@H]3CC=C(Cl)C[C@H]3C2=O)c1. The molecule has 116 valence electrons. The zero-order valence-electron chi connectivity index (χ0n) is 12.7. The van der Waals surface area contributed by atoms with Gasteiger partial charge in [-0.2, -0.15) is 0 Å². The van der Waals surface area contributed by atoms with E-state index in [0.717, 1.165) is 13.0 Å². The molecule has 2 aliphatic rings. The summed E-state index contributed by atoms with van der Waals surface area (Å²) in [6.07, 6.45) is 7.82. The largest absolute Gasteiger partial charge is 0.282 e. The summed E-state index contributed by atoms with van der Waals surface area (Å²) in [7, 11) is 0. The summed E-state index contributed by atoms with van der Waals surface area (Å²) >= 11 is 6.02. The number of hydrogen-bond acceptors (Lipinski definition) is 2. The van der Waals surface area contributed by atoms with E-state index in [1.54, 1.807) is 0 Å². The van der Waals surface area contributed by atoms with E-state index < -0.39 is 0 Å². The number of nitrogens with zero attached hydrogens (tertiary/aromatic N) is 2. The van der Waals surface area contributed by atoms with Crippen molar-refractivity contribution in [3.8, 4) is 0 Å². The maximum absolute atomic E-state index is 12.4. The van der Waals surface area contributed by atoms with Crippen LogP contribution in [0.3, 0.4) is 0 Å². The van der Waals surface area contributed by atoms with Crippen LogP contribution in [0.25, 0.3) is 0 Å². The third-order valence-electron chi connectivity index (χ3n) is 4.46. The predicted molar refractivity (Wildman–Crippen MR) is 82.9 cm³/mol. The predicted octanol–water partition coefficient (Wildman–Crippen LogP) is 2.19. The zero-order valence-corrected chi connectivity index (χ0v) is 13.4. The quantitative estimate of drug-likeness (QED) is 0.630. The van der Waals surface area contributed by atoms with E-state index in [1.165, 1.54) is 10.5 Å². The lowest BCUT2D eigenvalue weighted by atomic mass is 9.85. The van der Waals surface area contributed by atoms with Crippen molar-refractivity contribution in [1.29, 1.82) is 0 Å². The van der Waals surface area contributed by atoms with Crippen LogP contribution in [-0.2, 0) is 16.1 Å². The van der Waals surface area contributed by atoms with Gasteiger partial charge in [-0.15, -0.1) is 0 Å². The highest BCUT2D eigenvalue weighted by molar-refractivity contribution is 6.30. The summed E-state index contributed by atoms with van der Waals surface area (Å²) in [4.78, 5) is 26.2. The van der Waals surface area contributed by atoms with Gasteiger partial charge in [-0.3, -0.25) is 14.5 Å². The highest BCUT2D eigenvalue weighted by atomic mass is 35.5. The molecule has 0 N–H and O–H groups in total. The van der Waals surface area contributed by atoms with Crippen molar-refractivity contribution < 1.29 is 14.2 Å². The van der Waals surface area contributed by atoms with E-state index >= 15 is 0 Å². The molecule has 0 aromatic carbocycles. The van der Waals surface area contributed by atoms with E-state index in [4.69, 9.17) is 11.6 Å². The Morgan fingerprint density at radius 1 is 1.32 bits per heavy atom. The molecule has 1 aromatic rings. The fraction of sp³-hybridized carbons (Fsp3) is 0.471. The van der Waals surface area contributed by atoms with E-state index in [0.29, 0.717) is 24.4 Å². The van der Waals surface area contributed by atoms with Gasteiger partial charge in [0.15, 0.2) is 12.4 Å². The summed E-state index contributed by atoms with van der Waals surface area (Å²) in [6, 6.07) is 4.05. The molecule has 1 aromatic heterocycles. The first-order valence-electron chi connectivity index (χ1n) is 7.71. The number of pyridine rings is 1. The molecule has 0 spiro atoms. The van der Waals surface area contributed by atoms with Crippen LogP contribution in [0.15, 0.2) is 35.6 Å². The van der Waals surface area contributed by atoms with Crippen LogP contribution in [0.1, 0.15) is 24.8 Å². The molecule has 1 fully saturated rings. The number of halogens is 1. The Hall–Kier alpha value is -1.68. The van der Waals surface area contributed by atoms with Crippen LogP contribution < -0.4 is 4.57 Å². The number of amides is 2. The van der Waals surface area contributed by atoms with Crippen LogP contribution in [0.2, 0.25) is 0 Å². The average Bonchev–Trinajstić information content (AvgIpc) is 2.72. The lowest BCUT2D eigenvalue weighted by molar-refractivity contribution is -0.697. The number of hydrogen-bond donors (Lipinski definition) is 0. The van der Waals surface area contributed by atoms with Gasteiger partial charge >= 0.3 is 0 Å². The fourth-order valence-electron chi connectivity index (χ4n) is 3.32. The van der Waals surface area contributed by atoms with Crippen molar-refractivity contribution in [3.05, 3.63) is 41.2 Å². The topological polar surface area (TPSA) is 41.3 Å². The number of aryl methyl sites for hydroxylation is 2. The van der Waals surface area contributed by atoms with Gasteiger partial charge < -0.3 is 0 Å². The molecule has 5 heteroatoms. The minimum absolute atomic E-state index is 0.0235. The molecule has 0 radical (unpaired) electrons. The number of likely N-dealkylation sites (tertiary alicyclic amines) is 1. The molecule has 1 aliphatic heterocycles. The summed E-state index contributed by atoms with van der Waals surface area (Å²) in [5, 5.41) is 0.708.